The first-order valence-electron chi connectivity index (χ1n) is 2.76. The smallest absolute Gasteiger partial charge is 0.0167 e. The highest BCUT2D eigenvalue weighted by molar-refractivity contribution is 8.93. The molecule has 3 heteroatoms. The Labute approximate surface area is 60.4 Å². The van der Waals surface area contributed by atoms with E-state index in [1.165, 1.54) is 12.8 Å². The molecule has 0 aliphatic heterocycles. The number of nitrogens with two attached hydrogens (primary N) is 2. The van der Waals surface area contributed by atoms with Gasteiger partial charge < -0.3 is 11.5 Å². The fraction of sp³-hybridized carbons (Fsp3) is 1.00. The van der Waals surface area contributed by atoms with Crippen LogP contribution in [0.4, 0.5) is 0 Å². The van der Waals surface area contributed by atoms with Crippen LogP contribution in [0.25, 0.3) is 0 Å². The molecule has 1 rings (SSSR count). The van der Waals surface area contributed by atoms with Crippen LogP contribution >= 0.6 is 17.0 Å². The third kappa shape index (κ3) is 2.11. The van der Waals surface area contributed by atoms with E-state index < -0.39 is 0 Å². The molecule has 0 bridgehead atoms. The van der Waals surface area contributed by atoms with Gasteiger partial charge in [-0.05, 0) is 25.8 Å². The van der Waals surface area contributed by atoms with E-state index in [9.17, 15) is 0 Å². The molecule has 0 amide bonds. The van der Waals surface area contributed by atoms with Crippen molar-refractivity contribution in [3.63, 3.8) is 0 Å². The first-order valence-corrected chi connectivity index (χ1v) is 2.76. The zero-order valence-corrected chi connectivity index (χ0v) is 6.60. The van der Waals surface area contributed by atoms with Crippen molar-refractivity contribution in [2.45, 2.75) is 24.8 Å². The summed E-state index contributed by atoms with van der Waals surface area (Å²) in [6, 6.07) is 0. The number of halogens is 1. The highest BCUT2D eigenvalue weighted by Gasteiger charge is 2.36. The van der Waals surface area contributed by atoms with Gasteiger partial charge in [0.05, 0.1) is 0 Å². The molecule has 0 aromatic rings. The van der Waals surface area contributed by atoms with E-state index in [4.69, 9.17) is 11.5 Å². The molecule has 0 aromatic carbocycles. The monoisotopic (exact) mass is 180 g/mol. The van der Waals surface area contributed by atoms with Gasteiger partial charge in [0.2, 0.25) is 0 Å². The first-order chi connectivity index (χ1) is 3.27. The molecule has 8 heavy (non-hydrogen) atoms. The minimum atomic E-state index is 0. The lowest BCUT2D eigenvalue weighted by Gasteiger charge is -2.02. The van der Waals surface area contributed by atoms with Gasteiger partial charge in [0.1, 0.15) is 0 Å². The zero-order chi connectivity index (χ0) is 5.33. The number of hydrogen-bond donors (Lipinski definition) is 2. The third-order valence-corrected chi connectivity index (χ3v) is 1.53. The summed E-state index contributed by atoms with van der Waals surface area (Å²) in [5.41, 5.74) is 11.1. The maximum atomic E-state index is 5.68. The predicted octanol–water partition coefficient (Wildman–Crippen LogP) is 0.404. The van der Waals surface area contributed by atoms with Crippen LogP contribution in [0.5, 0.6) is 0 Å². The summed E-state index contributed by atoms with van der Waals surface area (Å²) in [7, 11) is 0. The van der Waals surface area contributed by atoms with Crippen LogP contribution in [0.3, 0.4) is 0 Å². The van der Waals surface area contributed by atoms with E-state index >= 15 is 0 Å². The van der Waals surface area contributed by atoms with Crippen LogP contribution in [-0.4, -0.2) is 12.1 Å². The molecule has 50 valence electrons. The maximum Gasteiger partial charge on any atom is 0.0167 e. The van der Waals surface area contributed by atoms with Crippen molar-refractivity contribution >= 4 is 17.0 Å². The summed E-state index contributed by atoms with van der Waals surface area (Å²) >= 11 is 0. The second kappa shape index (κ2) is 2.80. The zero-order valence-electron chi connectivity index (χ0n) is 4.89. The highest BCUT2D eigenvalue weighted by atomic mass is 79.9. The summed E-state index contributed by atoms with van der Waals surface area (Å²) in [5.74, 6) is 0. The summed E-state index contributed by atoms with van der Waals surface area (Å²) in [5, 5.41) is 0. The van der Waals surface area contributed by atoms with E-state index in [-0.39, 0.29) is 22.5 Å². The summed E-state index contributed by atoms with van der Waals surface area (Å²) in [4.78, 5) is 0. The minimum absolute atomic E-state index is 0. The van der Waals surface area contributed by atoms with E-state index in [0.29, 0.717) is 0 Å². The fourth-order valence-electron chi connectivity index (χ4n) is 0.698. The maximum absolute atomic E-state index is 5.68. The van der Waals surface area contributed by atoms with Gasteiger partial charge in [0, 0.05) is 5.54 Å². The standard InChI is InChI=1S/C5H12N2.BrH/c6-4-3-5(7)1-2-5;/h1-4,6-7H2;1H. The lowest BCUT2D eigenvalue weighted by molar-refractivity contribution is 0.619. The van der Waals surface area contributed by atoms with Crippen LogP contribution in [0.15, 0.2) is 0 Å². The van der Waals surface area contributed by atoms with E-state index in [2.05, 4.69) is 0 Å². The number of rotatable bonds is 2. The van der Waals surface area contributed by atoms with Crippen LogP contribution < -0.4 is 11.5 Å². The highest BCUT2D eigenvalue weighted by Crippen LogP contribution is 2.34. The Morgan fingerprint density at radius 1 is 1.38 bits per heavy atom. The molecule has 1 saturated carbocycles. The quantitative estimate of drug-likeness (QED) is 0.647. The van der Waals surface area contributed by atoms with Crippen LogP contribution in [0, 0.1) is 0 Å². The minimum Gasteiger partial charge on any atom is -0.330 e. The fourth-order valence-corrected chi connectivity index (χ4v) is 0.698. The lowest BCUT2D eigenvalue weighted by atomic mass is 10.2. The van der Waals surface area contributed by atoms with Crippen molar-refractivity contribution in [1.82, 2.24) is 0 Å². The molecule has 0 saturated heterocycles. The van der Waals surface area contributed by atoms with Crippen molar-refractivity contribution in [2.75, 3.05) is 6.54 Å². The van der Waals surface area contributed by atoms with Crippen LogP contribution in [-0.2, 0) is 0 Å². The van der Waals surface area contributed by atoms with Gasteiger partial charge in [0.25, 0.3) is 0 Å². The molecular weight excluding hydrogens is 168 g/mol. The van der Waals surface area contributed by atoms with Gasteiger partial charge >= 0.3 is 0 Å². The van der Waals surface area contributed by atoms with Gasteiger partial charge in [-0.15, -0.1) is 17.0 Å². The molecule has 0 unspecified atom stereocenters. The summed E-state index contributed by atoms with van der Waals surface area (Å²) in [6.07, 6.45) is 3.38. The Hall–Kier alpha value is 0.400. The van der Waals surface area contributed by atoms with E-state index in [1.807, 2.05) is 0 Å². The van der Waals surface area contributed by atoms with Gasteiger partial charge in [-0.2, -0.15) is 0 Å². The summed E-state index contributed by atoms with van der Waals surface area (Å²) in [6.45, 7) is 0.747. The molecule has 0 spiro atoms. The Morgan fingerprint density at radius 3 is 2.00 bits per heavy atom. The Balaban J connectivity index is 0.000000490. The summed E-state index contributed by atoms with van der Waals surface area (Å²) < 4.78 is 0. The molecule has 0 atom stereocenters. The molecule has 2 nitrogen and oxygen atoms in total. The largest absolute Gasteiger partial charge is 0.330 e. The second-order valence-electron chi connectivity index (χ2n) is 2.40. The SMILES string of the molecule is Br.NCCC1(N)CC1. The molecule has 4 N–H and O–H groups in total. The van der Waals surface area contributed by atoms with E-state index in [0.717, 1.165) is 13.0 Å². The van der Waals surface area contributed by atoms with E-state index in [1.54, 1.807) is 0 Å². The predicted molar refractivity (Wildman–Crippen MR) is 40.1 cm³/mol. The third-order valence-electron chi connectivity index (χ3n) is 1.53. The average Bonchev–Trinajstić information content (AvgIpc) is 2.22. The molecule has 0 radical (unpaired) electrons. The molecule has 1 aliphatic rings. The van der Waals surface area contributed by atoms with Crippen molar-refractivity contribution < 1.29 is 0 Å². The van der Waals surface area contributed by atoms with Crippen LogP contribution in [0.2, 0.25) is 0 Å². The normalized spacial score (nSPS) is 21.8. The van der Waals surface area contributed by atoms with Gasteiger partial charge in [-0.1, -0.05) is 0 Å². The number of hydrogen-bond acceptors (Lipinski definition) is 2. The van der Waals surface area contributed by atoms with Gasteiger partial charge in [-0.25, -0.2) is 0 Å². The Morgan fingerprint density at radius 2 is 1.88 bits per heavy atom. The van der Waals surface area contributed by atoms with Crippen molar-refractivity contribution in [3.8, 4) is 0 Å². The van der Waals surface area contributed by atoms with Crippen LogP contribution in [0.1, 0.15) is 19.3 Å². The lowest BCUT2D eigenvalue weighted by Crippen LogP contribution is -2.24. The van der Waals surface area contributed by atoms with Crippen molar-refractivity contribution in [1.29, 1.82) is 0 Å². The van der Waals surface area contributed by atoms with Gasteiger partial charge in [-0.3, -0.25) is 0 Å². The van der Waals surface area contributed by atoms with Crippen molar-refractivity contribution in [3.05, 3.63) is 0 Å². The van der Waals surface area contributed by atoms with Crippen molar-refractivity contribution in [2.24, 2.45) is 11.5 Å². The Bertz CT molecular complexity index is 70.8. The first kappa shape index (κ1) is 8.40. The second-order valence-corrected chi connectivity index (χ2v) is 2.40. The molecule has 0 aromatic heterocycles. The average molecular weight is 181 g/mol. The Kier molecular flexibility index (Phi) is 2.94. The molecule has 0 heterocycles. The molecular formula is C5H13BrN2. The topological polar surface area (TPSA) is 52.0 Å². The molecule has 1 aliphatic carbocycles. The molecule has 1 fully saturated rings. The van der Waals surface area contributed by atoms with Gasteiger partial charge in [0.15, 0.2) is 0 Å².